The van der Waals surface area contributed by atoms with E-state index < -0.39 is 15.6 Å². The number of benzene rings is 1. The second-order valence-electron chi connectivity index (χ2n) is 7.01. The molecule has 0 saturated carbocycles. The minimum Gasteiger partial charge on any atom is -0.460 e. The molecule has 0 fully saturated rings. The van der Waals surface area contributed by atoms with Crippen LogP contribution in [-0.2, 0) is 19.6 Å². The summed E-state index contributed by atoms with van der Waals surface area (Å²) in [5.41, 5.74) is 0.450. The van der Waals surface area contributed by atoms with Crippen molar-refractivity contribution < 1.29 is 17.9 Å². The number of nitrogens with one attached hydrogen (secondary N) is 1. The van der Waals surface area contributed by atoms with Crippen molar-refractivity contribution in [3.05, 3.63) is 29.8 Å². The Morgan fingerprint density at radius 1 is 1.17 bits per heavy atom. The van der Waals surface area contributed by atoms with Crippen molar-refractivity contribution in [2.45, 2.75) is 64.5 Å². The molecule has 1 aromatic carbocycles. The second-order valence-corrected chi connectivity index (χ2v) is 8.72. The van der Waals surface area contributed by atoms with Gasteiger partial charge in [-0.2, -0.15) is 0 Å². The van der Waals surface area contributed by atoms with Crippen LogP contribution in [0.1, 0.15) is 46.6 Å². The largest absolute Gasteiger partial charge is 0.460 e. The molecule has 2 unspecified atom stereocenters. The molecule has 0 heterocycles. The highest BCUT2D eigenvalue weighted by atomic mass is 32.2. The Hall–Kier alpha value is -1.40. The van der Waals surface area contributed by atoms with Crippen molar-refractivity contribution in [2.75, 3.05) is 0 Å². The number of aryl methyl sites for hydroxylation is 1. The lowest BCUT2D eigenvalue weighted by atomic mass is 10.0. The minimum absolute atomic E-state index is 0.222. The normalized spacial score (nSPS) is 15.0. The van der Waals surface area contributed by atoms with Gasteiger partial charge in [0.15, 0.2) is 0 Å². The maximum atomic E-state index is 12.3. The average Bonchev–Trinajstić information content (AvgIpc) is 2.36. The van der Waals surface area contributed by atoms with Crippen LogP contribution in [-0.4, -0.2) is 26.0 Å². The highest BCUT2D eigenvalue weighted by molar-refractivity contribution is 7.89. The first kappa shape index (κ1) is 19.6. The van der Waals surface area contributed by atoms with Crippen LogP contribution in [0.2, 0.25) is 0 Å². The standard InChI is InChI=1S/C17H27NO4S/c1-12-7-9-15(10-8-12)23(20,21)18-14(3)11-13(2)16(19)22-17(4,5)6/h7-10,13-14,18H,11H2,1-6H3. The van der Waals surface area contributed by atoms with E-state index in [1.165, 1.54) is 0 Å². The Kier molecular flexibility index (Phi) is 6.36. The fraction of sp³-hybridized carbons (Fsp3) is 0.588. The number of sulfonamides is 1. The zero-order valence-electron chi connectivity index (χ0n) is 14.7. The van der Waals surface area contributed by atoms with Gasteiger partial charge in [0.05, 0.1) is 10.8 Å². The summed E-state index contributed by atoms with van der Waals surface area (Å²) in [5.74, 6) is -0.705. The third-order valence-electron chi connectivity index (χ3n) is 3.20. The lowest BCUT2D eigenvalue weighted by Crippen LogP contribution is -2.36. The molecule has 23 heavy (non-hydrogen) atoms. The topological polar surface area (TPSA) is 72.5 Å². The van der Waals surface area contributed by atoms with E-state index in [-0.39, 0.29) is 22.8 Å². The van der Waals surface area contributed by atoms with Crippen LogP contribution in [0.4, 0.5) is 0 Å². The molecule has 130 valence electrons. The summed E-state index contributed by atoms with van der Waals surface area (Å²) in [6.45, 7) is 10.8. The highest BCUT2D eigenvalue weighted by Gasteiger charge is 2.25. The van der Waals surface area contributed by atoms with Gasteiger partial charge in [0.25, 0.3) is 0 Å². The fourth-order valence-electron chi connectivity index (χ4n) is 2.13. The van der Waals surface area contributed by atoms with E-state index in [0.717, 1.165) is 5.56 Å². The minimum atomic E-state index is -3.58. The maximum absolute atomic E-state index is 12.3. The van der Waals surface area contributed by atoms with Gasteiger partial charge < -0.3 is 4.74 Å². The van der Waals surface area contributed by atoms with E-state index in [2.05, 4.69) is 4.72 Å². The maximum Gasteiger partial charge on any atom is 0.309 e. The fourth-order valence-corrected chi connectivity index (χ4v) is 3.38. The Labute approximate surface area is 139 Å². The smallest absolute Gasteiger partial charge is 0.309 e. The lowest BCUT2D eigenvalue weighted by Gasteiger charge is -2.24. The summed E-state index contributed by atoms with van der Waals surface area (Å²) in [5, 5.41) is 0. The average molecular weight is 341 g/mol. The van der Waals surface area contributed by atoms with Gasteiger partial charge in [0.2, 0.25) is 10.0 Å². The first-order chi connectivity index (χ1) is 10.4. The van der Waals surface area contributed by atoms with Gasteiger partial charge >= 0.3 is 5.97 Å². The van der Waals surface area contributed by atoms with Gasteiger partial charge in [-0.15, -0.1) is 0 Å². The van der Waals surface area contributed by atoms with Crippen LogP contribution >= 0.6 is 0 Å². The number of rotatable bonds is 6. The molecule has 0 bridgehead atoms. The number of ether oxygens (including phenoxy) is 1. The summed E-state index contributed by atoms with van der Waals surface area (Å²) in [7, 11) is -3.58. The number of carbonyl (C=O) groups is 1. The third-order valence-corrected chi connectivity index (χ3v) is 4.81. The molecule has 1 rings (SSSR count). The third kappa shape index (κ3) is 6.71. The summed E-state index contributed by atoms with van der Waals surface area (Å²) in [6.07, 6.45) is 0.375. The van der Waals surface area contributed by atoms with E-state index >= 15 is 0 Å². The summed E-state index contributed by atoms with van der Waals surface area (Å²) in [4.78, 5) is 12.2. The van der Waals surface area contributed by atoms with Gasteiger partial charge in [-0.05, 0) is 53.2 Å². The molecule has 0 amide bonds. The predicted molar refractivity (Wildman–Crippen MR) is 90.6 cm³/mol. The zero-order chi connectivity index (χ0) is 17.8. The molecule has 2 atom stereocenters. The summed E-state index contributed by atoms with van der Waals surface area (Å²) < 4.78 is 32.5. The van der Waals surface area contributed by atoms with E-state index in [9.17, 15) is 13.2 Å². The van der Waals surface area contributed by atoms with Gasteiger partial charge in [-0.3, -0.25) is 4.79 Å². The molecule has 0 aromatic heterocycles. The predicted octanol–water partition coefficient (Wildman–Crippen LogP) is 3.03. The second kappa shape index (κ2) is 7.45. The van der Waals surface area contributed by atoms with Crippen molar-refractivity contribution in [2.24, 2.45) is 5.92 Å². The van der Waals surface area contributed by atoms with Crippen molar-refractivity contribution in [1.29, 1.82) is 0 Å². The van der Waals surface area contributed by atoms with Crippen LogP contribution in [0.3, 0.4) is 0 Å². The van der Waals surface area contributed by atoms with Crippen LogP contribution < -0.4 is 4.72 Å². The van der Waals surface area contributed by atoms with Crippen LogP contribution in [0.15, 0.2) is 29.2 Å². The number of hydrogen-bond donors (Lipinski definition) is 1. The van der Waals surface area contributed by atoms with E-state index in [0.29, 0.717) is 6.42 Å². The quantitative estimate of drug-likeness (QED) is 0.807. The first-order valence-corrected chi connectivity index (χ1v) is 9.21. The Balaban J connectivity index is 2.66. The molecule has 6 heteroatoms. The SMILES string of the molecule is Cc1ccc(S(=O)(=O)NC(C)CC(C)C(=O)OC(C)(C)C)cc1. The molecule has 5 nitrogen and oxygen atoms in total. The molecule has 1 N–H and O–H groups in total. The molecule has 0 aliphatic rings. The van der Waals surface area contributed by atoms with Crippen molar-refractivity contribution in [1.82, 2.24) is 4.72 Å². The molecule has 0 aliphatic carbocycles. The summed E-state index contributed by atoms with van der Waals surface area (Å²) >= 11 is 0. The lowest BCUT2D eigenvalue weighted by molar-refractivity contribution is -0.159. The molecule has 0 aliphatic heterocycles. The molecule has 0 radical (unpaired) electrons. The summed E-state index contributed by atoms with van der Waals surface area (Å²) in [6, 6.07) is 6.28. The Morgan fingerprint density at radius 3 is 2.17 bits per heavy atom. The monoisotopic (exact) mass is 341 g/mol. The van der Waals surface area contributed by atoms with Crippen LogP contribution in [0.5, 0.6) is 0 Å². The van der Waals surface area contributed by atoms with E-state index in [4.69, 9.17) is 4.74 Å². The van der Waals surface area contributed by atoms with Crippen LogP contribution in [0, 0.1) is 12.8 Å². The first-order valence-electron chi connectivity index (χ1n) is 7.72. The van der Waals surface area contributed by atoms with Gasteiger partial charge in [-0.25, -0.2) is 13.1 Å². The van der Waals surface area contributed by atoms with E-state index in [1.807, 2.05) is 6.92 Å². The van der Waals surface area contributed by atoms with E-state index in [1.54, 1.807) is 58.9 Å². The van der Waals surface area contributed by atoms with Gasteiger partial charge in [0, 0.05) is 6.04 Å². The van der Waals surface area contributed by atoms with Gasteiger partial charge in [0.1, 0.15) is 5.60 Å². The molecular formula is C17H27NO4S. The van der Waals surface area contributed by atoms with Crippen molar-refractivity contribution >= 4 is 16.0 Å². The molecule has 0 saturated heterocycles. The number of esters is 1. The Bertz CT molecular complexity index is 630. The number of carbonyl (C=O) groups excluding carboxylic acids is 1. The molecule has 1 aromatic rings. The molecule has 0 spiro atoms. The van der Waals surface area contributed by atoms with Crippen LogP contribution in [0.25, 0.3) is 0 Å². The molecular weight excluding hydrogens is 314 g/mol. The van der Waals surface area contributed by atoms with Gasteiger partial charge in [-0.1, -0.05) is 24.6 Å². The Morgan fingerprint density at radius 2 is 1.70 bits per heavy atom. The van der Waals surface area contributed by atoms with Crippen molar-refractivity contribution in [3.8, 4) is 0 Å². The number of hydrogen-bond acceptors (Lipinski definition) is 4. The van der Waals surface area contributed by atoms with Crippen molar-refractivity contribution in [3.63, 3.8) is 0 Å². The highest BCUT2D eigenvalue weighted by Crippen LogP contribution is 2.16. The zero-order valence-corrected chi connectivity index (χ0v) is 15.5.